The molecule has 110 valence electrons. The summed E-state index contributed by atoms with van der Waals surface area (Å²) >= 11 is 1.52. The number of hydrogen-bond donors (Lipinski definition) is 1. The zero-order valence-corrected chi connectivity index (χ0v) is 12.0. The second kappa shape index (κ2) is 5.69. The van der Waals surface area contributed by atoms with Crippen LogP contribution in [-0.2, 0) is 4.79 Å². The van der Waals surface area contributed by atoms with Crippen LogP contribution in [0.4, 0.5) is 0 Å². The number of thiophene rings is 1. The number of amides is 1. The van der Waals surface area contributed by atoms with E-state index < -0.39 is 5.97 Å². The number of aromatic nitrogens is 1. The van der Waals surface area contributed by atoms with Crippen molar-refractivity contribution in [3.05, 3.63) is 29.3 Å². The Labute approximate surface area is 125 Å². The van der Waals surface area contributed by atoms with Crippen molar-refractivity contribution in [2.45, 2.75) is 12.8 Å². The van der Waals surface area contributed by atoms with Gasteiger partial charge < -0.3 is 14.5 Å². The SMILES string of the molecule is O=C(O)CC1CCN(C(=O)c2cc(-c3cccs3)on2)C1. The van der Waals surface area contributed by atoms with Gasteiger partial charge >= 0.3 is 5.97 Å². The van der Waals surface area contributed by atoms with E-state index in [9.17, 15) is 9.59 Å². The van der Waals surface area contributed by atoms with Crippen LogP contribution in [-0.4, -0.2) is 40.1 Å². The van der Waals surface area contributed by atoms with E-state index in [-0.39, 0.29) is 23.9 Å². The lowest BCUT2D eigenvalue weighted by atomic mass is 10.1. The summed E-state index contributed by atoms with van der Waals surface area (Å²) in [6, 6.07) is 5.44. The molecule has 0 saturated carbocycles. The fourth-order valence-corrected chi connectivity index (χ4v) is 3.18. The van der Waals surface area contributed by atoms with Gasteiger partial charge in [-0.15, -0.1) is 11.3 Å². The molecule has 2 aromatic heterocycles. The molecule has 0 aromatic carbocycles. The number of nitrogens with zero attached hydrogens (tertiary/aromatic N) is 2. The Morgan fingerprint density at radius 1 is 1.52 bits per heavy atom. The Bertz CT molecular complexity index is 650. The molecule has 21 heavy (non-hydrogen) atoms. The van der Waals surface area contributed by atoms with E-state index >= 15 is 0 Å². The maximum atomic E-state index is 12.3. The molecule has 1 amide bonds. The second-order valence-corrected chi connectivity index (χ2v) is 6.01. The summed E-state index contributed by atoms with van der Waals surface area (Å²) in [6.45, 7) is 1.03. The summed E-state index contributed by atoms with van der Waals surface area (Å²) < 4.78 is 5.20. The Morgan fingerprint density at radius 2 is 2.38 bits per heavy atom. The highest BCUT2D eigenvalue weighted by Gasteiger charge is 2.30. The normalized spacial score (nSPS) is 18.1. The first kappa shape index (κ1) is 13.8. The minimum atomic E-state index is -0.823. The van der Waals surface area contributed by atoms with Crippen molar-refractivity contribution in [1.82, 2.24) is 10.1 Å². The molecule has 1 aliphatic rings. The van der Waals surface area contributed by atoms with Gasteiger partial charge in [0.2, 0.25) is 0 Å². The second-order valence-electron chi connectivity index (χ2n) is 5.06. The highest BCUT2D eigenvalue weighted by Crippen LogP contribution is 2.27. The van der Waals surface area contributed by atoms with Crippen molar-refractivity contribution in [1.29, 1.82) is 0 Å². The average Bonchev–Trinajstić information content (AvgIpc) is 3.18. The van der Waals surface area contributed by atoms with Gasteiger partial charge in [0, 0.05) is 25.6 Å². The number of hydrogen-bond acceptors (Lipinski definition) is 5. The van der Waals surface area contributed by atoms with Crippen molar-refractivity contribution in [2.24, 2.45) is 5.92 Å². The van der Waals surface area contributed by atoms with Crippen LogP contribution in [0.15, 0.2) is 28.1 Å². The van der Waals surface area contributed by atoms with E-state index in [0.717, 1.165) is 4.88 Å². The van der Waals surface area contributed by atoms with Gasteiger partial charge in [0.05, 0.1) is 4.88 Å². The van der Waals surface area contributed by atoms with Gasteiger partial charge in [-0.3, -0.25) is 9.59 Å². The molecule has 0 radical (unpaired) electrons. The van der Waals surface area contributed by atoms with E-state index in [1.54, 1.807) is 11.0 Å². The number of carbonyl (C=O) groups excluding carboxylic acids is 1. The van der Waals surface area contributed by atoms with E-state index in [4.69, 9.17) is 9.63 Å². The maximum absolute atomic E-state index is 12.3. The Kier molecular flexibility index (Phi) is 3.74. The third-order valence-electron chi connectivity index (χ3n) is 3.53. The summed E-state index contributed by atoms with van der Waals surface area (Å²) in [5.74, 6) is -0.421. The van der Waals surface area contributed by atoms with Crippen LogP contribution in [0.25, 0.3) is 10.6 Å². The van der Waals surface area contributed by atoms with Crippen LogP contribution in [0.5, 0.6) is 0 Å². The molecular weight excluding hydrogens is 292 g/mol. The molecule has 7 heteroatoms. The van der Waals surface area contributed by atoms with Crippen LogP contribution in [0, 0.1) is 5.92 Å². The van der Waals surface area contributed by atoms with Gasteiger partial charge in [-0.1, -0.05) is 11.2 Å². The van der Waals surface area contributed by atoms with E-state index in [1.165, 1.54) is 11.3 Å². The standard InChI is InChI=1S/C14H14N2O4S/c17-13(18)6-9-3-4-16(8-9)14(19)10-7-11(20-15-10)12-2-1-5-21-12/h1-2,5,7,9H,3-4,6,8H2,(H,17,18). The molecule has 1 unspecified atom stereocenters. The van der Waals surface area contributed by atoms with Crippen molar-refractivity contribution in [3.8, 4) is 10.6 Å². The predicted molar refractivity (Wildman–Crippen MR) is 76.1 cm³/mol. The third-order valence-corrected chi connectivity index (χ3v) is 4.41. The first-order valence-electron chi connectivity index (χ1n) is 6.65. The zero-order chi connectivity index (χ0) is 14.8. The van der Waals surface area contributed by atoms with Crippen molar-refractivity contribution in [2.75, 3.05) is 13.1 Å². The van der Waals surface area contributed by atoms with E-state index in [2.05, 4.69) is 5.16 Å². The molecule has 3 heterocycles. The van der Waals surface area contributed by atoms with Gasteiger partial charge in [-0.2, -0.15) is 0 Å². The summed E-state index contributed by atoms with van der Waals surface area (Å²) in [7, 11) is 0. The van der Waals surface area contributed by atoms with Crippen LogP contribution in [0.1, 0.15) is 23.3 Å². The molecule has 1 saturated heterocycles. The fraction of sp³-hybridized carbons (Fsp3) is 0.357. The maximum Gasteiger partial charge on any atom is 0.303 e. The largest absolute Gasteiger partial charge is 0.481 e. The molecule has 0 aliphatic carbocycles. The summed E-state index contributed by atoms with van der Waals surface area (Å²) in [6.07, 6.45) is 0.816. The minimum Gasteiger partial charge on any atom is -0.481 e. The topological polar surface area (TPSA) is 83.6 Å². The lowest BCUT2D eigenvalue weighted by molar-refractivity contribution is -0.138. The molecule has 6 nitrogen and oxygen atoms in total. The average molecular weight is 306 g/mol. The number of likely N-dealkylation sites (tertiary alicyclic amines) is 1. The highest BCUT2D eigenvalue weighted by molar-refractivity contribution is 7.13. The Hall–Kier alpha value is -2.15. The lowest BCUT2D eigenvalue weighted by Crippen LogP contribution is -2.29. The molecular formula is C14H14N2O4S. The van der Waals surface area contributed by atoms with E-state index in [0.29, 0.717) is 25.3 Å². The van der Waals surface area contributed by atoms with Crippen molar-refractivity contribution < 1.29 is 19.2 Å². The van der Waals surface area contributed by atoms with Gasteiger partial charge in [0.1, 0.15) is 0 Å². The first-order chi connectivity index (χ1) is 10.1. The molecule has 1 fully saturated rings. The molecule has 0 bridgehead atoms. The third kappa shape index (κ3) is 2.97. The monoisotopic (exact) mass is 306 g/mol. The van der Waals surface area contributed by atoms with Gasteiger partial charge in [0.15, 0.2) is 11.5 Å². The van der Waals surface area contributed by atoms with Crippen molar-refractivity contribution in [3.63, 3.8) is 0 Å². The zero-order valence-electron chi connectivity index (χ0n) is 11.2. The van der Waals surface area contributed by atoms with E-state index in [1.807, 2.05) is 17.5 Å². The molecule has 2 aromatic rings. The van der Waals surface area contributed by atoms with Crippen LogP contribution in [0.2, 0.25) is 0 Å². The van der Waals surface area contributed by atoms with Crippen LogP contribution < -0.4 is 0 Å². The Morgan fingerprint density at radius 3 is 3.10 bits per heavy atom. The van der Waals surface area contributed by atoms with Crippen LogP contribution >= 0.6 is 11.3 Å². The lowest BCUT2D eigenvalue weighted by Gasteiger charge is -2.13. The fourth-order valence-electron chi connectivity index (χ4n) is 2.50. The van der Waals surface area contributed by atoms with Crippen molar-refractivity contribution >= 4 is 23.2 Å². The summed E-state index contributed by atoms with van der Waals surface area (Å²) in [5.41, 5.74) is 0.273. The van der Waals surface area contributed by atoms with Gasteiger partial charge in [-0.25, -0.2) is 0 Å². The minimum absolute atomic E-state index is 0.0233. The molecule has 0 spiro atoms. The number of carboxylic acids is 1. The van der Waals surface area contributed by atoms with Gasteiger partial charge in [0.25, 0.3) is 5.91 Å². The molecule has 1 aliphatic heterocycles. The number of rotatable bonds is 4. The predicted octanol–water partition coefficient (Wildman–Crippen LogP) is 2.34. The number of carbonyl (C=O) groups is 2. The quantitative estimate of drug-likeness (QED) is 0.937. The highest BCUT2D eigenvalue weighted by atomic mass is 32.1. The summed E-state index contributed by atoms with van der Waals surface area (Å²) in [4.78, 5) is 25.6. The van der Waals surface area contributed by atoms with Crippen LogP contribution in [0.3, 0.4) is 0 Å². The molecule has 1 N–H and O–H groups in total. The number of aliphatic carboxylic acids is 1. The summed E-state index contributed by atoms with van der Waals surface area (Å²) in [5, 5.41) is 14.5. The Balaban J connectivity index is 1.68. The molecule has 1 atom stereocenters. The number of carboxylic acid groups (broad SMARTS) is 1. The first-order valence-corrected chi connectivity index (χ1v) is 7.53. The van der Waals surface area contributed by atoms with Gasteiger partial charge in [-0.05, 0) is 23.8 Å². The molecule has 3 rings (SSSR count). The smallest absolute Gasteiger partial charge is 0.303 e.